The summed E-state index contributed by atoms with van der Waals surface area (Å²) in [7, 11) is 1.53. The van der Waals surface area contributed by atoms with Crippen molar-refractivity contribution in [2.24, 2.45) is 17.8 Å². The highest BCUT2D eigenvalue weighted by Crippen LogP contribution is 2.39. The number of benzene rings is 2. The standard InChI is InChI=1S/C27H26N2O6/c1-16-13-18(11-12-21(16)29-25(31)19-7-3-4-8-20(19)26(29)32)35-27(33)17-14-24(30)28(15-17)22-9-5-6-10-23(22)34-2/h3-6,9-13,17,19-20H,7-8,14-15H2,1-2H3/t17-,19-,20+/m1/s1. The minimum atomic E-state index is -0.621. The monoisotopic (exact) mass is 474 g/mol. The summed E-state index contributed by atoms with van der Waals surface area (Å²) in [6.07, 6.45) is 5.10. The fourth-order valence-corrected chi connectivity index (χ4v) is 5.13. The van der Waals surface area contributed by atoms with Gasteiger partial charge in [-0.25, -0.2) is 4.90 Å². The third-order valence-corrected chi connectivity index (χ3v) is 6.97. The molecule has 0 spiro atoms. The molecule has 3 aliphatic rings. The Kier molecular flexibility index (Phi) is 5.88. The van der Waals surface area contributed by atoms with Crippen LogP contribution in [-0.4, -0.2) is 37.3 Å². The molecule has 0 saturated carbocycles. The van der Waals surface area contributed by atoms with Gasteiger partial charge in [-0.2, -0.15) is 0 Å². The number of carbonyl (C=O) groups is 4. The van der Waals surface area contributed by atoms with Crippen LogP contribution >= 0.6 is 0 Å². The molecular weight excluding hydrogens is 448 g/mol. The highest BCUT2D eigenvalue weighted by atomic mass is 16.5. The van der Waals surface area contributed by atoms with Crippen LogP contribution in [0.5, 0.6) is 11.5 Å². The van der Waals surface area contributed by atoms with Crippen molar-refractivity contribution in [1.29, 1.82) is 0 Å². The molecule has 0 radical (unpaired) electrons. The number of hydrogen-bond donors (Lipinski definition) is 0. The van der Waals surface area contributed by atoms with Gasteiger partial charge >= 0.3 is 5.97 Å². The lowest BCUT2D eigenvalue weighted by atomic mass is 9.85. The predicted molar refractivity (Wildman–Crippen MR) is 128 cm³/mol. The van der Waals surface area contributed by atoms with E-state index in [-0.39, 0.29) is 42.5 Å². The quantitative estimate of drug-likeness (QED) is 0.285. The second-order valence-corrected chi connectivity index (χ2v) is 9.11. The van der Waals surface area contributed by atoms with Crippen molar-refractivity contribution in [2.45, 2.75) is 26.2 Å². The Morgan fingerprint density at radius 3 is 2.29 bits per heavy atom. The summed E-state index contributed by atoms with van der Waals surface area (Å²) in [6, 6.07) is 12.0. The zero-order chi connectivity index (χ0) is 24.7. The van der Waals surface area contributed by atoms with Crippen LogP contribution in [0.15, 0.2) is 54.6 Å². The van der Waals surface area contributed by atoms with E-state index in [9.17, 15) is 19.2 Å². The van der Waals surface area contributed by atoms with Crippen LogP contribution < -0.4 is 19.3 Å². The average molecular weight is 475 g/mol. The fourth-order valence-electron chi connectivity index (χ4n) is 5.13. The molecule has 1 aliphatic carbocycles. The number of nitrogens with zero attached hydrogens (tertiary/aromatic N) is 2. The third kappa shape index (κ3) is 3.99. The average Bonchev–Trinajstić information content (AvgIpc) is 3.37. The van der Waals surface area contributed by atoms with Crippen LogP contribution in [0.3, 0.4) is 0 Å². The molecule has 5 rings (SSSR count). The van der Waals surface area contributed by atoms with Crippen LogP contribution in [0.2, 0.25) is 0 Å². The Hall–Kier alpha value is -3.94. The summed E-state index contributed by atoms with van der Waals surface area (Å²) in [4.78, 5) is 54.1. The van der Waals surface area contributed by atoms with Gasteiger partial charge in [0.2, 0.25) is 17.7 Å². The first-order valence-corrected chi connectivity index (χ1v) is 11.7. The summed E-state index contributed by atoms with van der Waals surface area (Å²) in [5.74, 6) is -1.43. The van der Waals surface area contributed by atoms with Crippen molar-refractivity contribution in [3.63, 3.8) is 0 Å². The zero-order valence-corrected chi connectivity index (χ0v) is 19.6. The zero-order valence-electron chi connectivity index (χ0n) is 19.6. The number of esters is 1. The van der Waals surface area contributed by atoms with Crippen molar-refractivity contribution in [1.82, 2.24) is 0 Å². The topological polar surface area (TPSA) is 93.2 Å². The number of aryl methyl sites for hydroxylation is 1. The lowest BCUT2D eigenvalue weighted by Gasteiger charge is -2.19. The lowest BCUT2D eigenvalue weighted by Crippen LogP contribution is -2.31. The maximum Gasteiger partial charge on any atom is 0.316 e. The Morgan fingerprint density at radius 2 is 1.63 bits per heavy atom. The smallest absolute Gasteiger partial charge is 0.316 e. The second kappa shape index (κ2) is 9.02. The number of rotatable bonds is 5. The number of anilines is 2. The van der Waals surface area contributed by atoms with E-state index in [1.54, 1.807) is 37.3 Å². The molecule has 2 aromatic carbocycles. The molecule has 3 atom stereocenters. The molecule has 0 aromatic heterocycles. The molecule has 2 heterocycles. The molecular formula is C27H26N2O6. The number of allylic oxidation sites excluding steroid dienone is 2. The molecule has 2 saturated heterocycles. The van der Waals surface area contributed by atoms with E-state index < -0.39 is 11.9 Å². The van der Waals surface area contributed by atoms with E-state index in [1.165, 1.54) is 16.9 Å². The van der Waals surface area contributed by atoms with Gasteiger partial charge in [0.1, 0.15) is 11.5 Å². The molecule has 35 heavy (non-hydrogen) atoms. The fraction of sp³-hybridized carbons (Fsp3) is 0.333. The van der Waals surface area contributed by atoms with Gasteiger partial charge in [-0.05, 0) is 55.7 Å². The first kappa shape index (κ1) is 22.8. The number of hydrogen-bond acceptors (Lipinski definition) is 6. The Labute approximate surface area is 203 Å². The van der Waals surface area contributed by atoms with Crippen LogP contribution in [0, 0.1) is 24.7 Å². The highest BCUT2D eigenvalue weighted by Gasteiger charge is 2.48. The molecule has 180 valence electrons. The summed E-state index contributed by atoms with van der Waals surface area (Å²) < 4.78 is 10.9. The van der Waals surface area contributed by atoms with E-state index >= 15 is 0 Å². The number of imide groups is 1. The minimum Gasteiger partial charge on any atom is -0.495 e. The maximum atomic E-state index is 12.9. The van der Waals surface area contributed by atoms with Gasteiger partial charge in [0, 0.05) is 13.0 Å². The molecule has 8 nitrogen and oxygen atoms in total. The largest absolute Gasteiger partial charge is 0.495 e. The van der Waals surface area contributed by atoms with E-state index in [0.29, 0.717) is 41.3 Å². The van der Waals surface area contributed by atoms with Gasteiger partial charge in [-0.3, -0.25) is 19.2 Å². The molecule has 0 unspecified atom stereocenters. The summed E-state index contributed by atoms with van der Waals surface area (Å²) >= 11 is 0. The van der Waals surface area contributed by atoms with E-state index in [2.05, 4.69) is 0 Å². The van der Waals surface area contributed by atoms with Gasteiger partial charge in [0.05, 0.1) is 36.2 Å². The van der Waals surface area contributed by atoms with Crippen molar-refractivity contribution in [3.05, 3.63) is 60.2 Å². The molecule has 2 aliphatic heterocycles. The van der Waals surface area contributed by atoms with Gasteiger partial charge in [0.15, 0.2) is 0 Å². The van der Waals surface area contributed by atoms with E-state index in [1.807, 2.05) is 24.3 Å². The van der Waals surface area contributed by atoms with Crippen molar-refractivity contribution >= 4 is 35.1 Å². The number of ether oxygens (including phenoxy) is 2. The third-order valence-electron chi connectivity index (χ3n) is 6.97. The molecule has 0 bridgehead atoms. The van der Waals surface area contributed by atoms with Crippen LogP contribution in [0.1, 0.15) is 24.8 Å². The first-order valence-electron chi connectivity index (χ1n) is 11.7. The normalized spacial score (nSPS) is 23.6. The van der Waals surface area contributed by atoms with Crippen LogP contribution in [-0.2, 0) is 19.2 Å². The number of para-hydroxylation sites is 2. The Bertz CT molecular complexity index is 1230. The number of amides is 3. The van der Waals surface area contributed by atoms with Gasteiger partial charge in [0.25, 0.3) is 0 Å². The maximum absolute atomic E-state index is 12.9. The minimum absolute atomic E-state index is 0.0432. The van der Waals surface area contributed by atoms with Crippen molar-refractivity contribution < 1.29 is 28.7 Å². The second-order valence-electron chi connectivity index (χ2n) is 9.11. The molecule has 2 aromatic rings. The Morgan fingerprint density at radius 1 is 0.943 bits per heavy atom. The van der Waals surface area contributed by atoms with E-state index in [0.717, 1.165) is 0 Å². The summed E-state index contributed by atoms with van der Waals surface area (Å²) in [5.41, 5.74) is 1.78. The number of methoxy groups -OCH3 is 1. The number of carbonyl (C=O) groups excluding carboxylic acids is 4. The van der Waals surface area contributed by atoms with Gasteiger partial charge in [-0.15, -0.1) is 0 Å². The molecule has 3 amide bonds. The molecule has 8 heteroatoms. The summed E-state index contributed by atoms with van der Waals surface area (Å²) in [6.45, 7) is 1.97. The SMILES string of the molecule is COc1ccccc1N1C[C@H](C(=O)Oc2ccc(N3C(=O)[C@H]4CC=CC[C@H]4C3=O)c(C)c2)CC1=O. The van der Waals surface area contributed by atoms with Crippen molar-refractivity contribution in [3.8, 4) is 11.5 Å². The van der Waals surface area contributed by atoms with Crippen LogP contribution in [0.25, 0.3) is 0 Å². The van der Waals surface area contributed by atoms with E-state index in [4.69, 9.17) is 9.47 Å². The first-order chi connectivity index (χ1) is 16.9. The lowest BCUT2D eigenvalue weighted by molar-refractivity contribution is -0.139. The number of fused-ring (bicyclic) bond motifs is 1. The predicted octanol–water partition coefficient (Wildman–Crippen LogP) is 3.42. The molecule has 2 fully saturated rings. The van der Waals surface area contributed by atoms with Crippen LogP contribution in [0.4, 0.5) is 11.4 Å². The molecule has 0 N–H and O–H groups in total. The Balaban J connectivity index is 1.29. The van der Waals surface area contributed by atoms with Gasteiger partial charge < -0.3 is 14.4 Å². The highest BCUT2D eigenvalue weighted by molar-refractivity contribution is 6.22. The van der Waals surface area contributed by atoms with Gasteiger partial charge in [-0.1, -0.05) is 24.3 Å². The summed E-state index contributed by atoms with van der Waals surface area (Å²) in [5, 5.41) is 0. The van der Waals surface area contributed by atoms with Crippen molar-refractivity contribution in [2.75, 3.05) is 23.5 Å².